The van der Waals surface area contributed by atoms with Gasteiger partial charge >= 0.3 is 0 Å². The molecule has 1 amide bonds. The molecule has 0 saturated heterocycles. The second-order valence-electron chi connectivity index (χ2n) is 5.67. The van der Waals surface area contributed by atoms with E-state index in [2.05, 4.69) is 31.0 Å². The molecule has 21 heavy (non-hydrogen) atoms. The quantitative estimate of drug-likeness (QED) is 0.725. The molecule has 0 aromatic heterocycles. The standard InChI is InChI=1S/C16H26FN3O/c1-4-20(11-12(2)3)9-5-6-16(21)19-15-8-7-13(17)10-14(15)18/h7-8,10,12H,4-6,9,11,18H2,1-3H3,(H,19,21). The van der Waals surface area contributed by atoms with Crippen molar-refractivity contribution in [2.24, 2.45) is 5.92 Å². The smallest absolute Gasteiger partial charge is 0.224 e. The van der Waals surface area contributed by atoms with Crippen molar-refractivity contribution in [3.05, 3.63) is 24.0 Å². The number of amides is 1. The lowest BCUT2D eigenvalue weighted by molar-refractivity contribution is -0.116. The lowest BCUT2D eigenvalue weighted by atomic mass is 10.2. The Labute approximate surface area is 126 Å². The lowest BCUT2D eigenvalue weighted by Crippen LogP contribution is -2.29. The number of anilines is 2. The van der Waals surface area contributed by atoms with Crippen LogP contribution in [-0.4, -0.2) is 30.4 Å². The first-order valence-electron chi connectivity index (χ1n) is 7.49. The molecule has 118 valence electrons. The van der Waals surface area contributed by atoms with Gasteiger partial charge < -0.3 is 16.0 Å². The topological polar surface area (TPSA) is 58.4 Å². The molecule has 0 unspecified atom stereocenters. The summed E-state index contributed by atoms with van der Waals surface area (Å²) < 4.78 is 12.9. The Kier molecular flexibility index (Phi) is 7.15. The summed E-state index contributed by atoms with van der Waals surface area (Å²) in [5, 5.41) is 2.72. The van der Waals surface area contributed by atoms with Crippen LogP contribution in [0.5, 0.6) is 0 Å². The molecule has 0 aliphatic heterocycles. The number of benzene rings is 1. The third-order valence-corrected chi connectivity index (χ3v) is 3.24. The second kappa shape index (κ2) is 8.62. The van der Waals surface area contributed by atoms with Crippen LogP contribution < -0.4 is 11.1 Å². The fourth-order valence-corrected chi connectivity index (χ4v) is 2.22. The van der Waals surface area contributed by atoms with Crippen LogP contribution in [0.1, 0.15) is 33.6 Å². The van der Waals surface area contributed by atoms with Gasteiger partial charge in [0.15, 0.2) is 0 Å². The average molecular weight is 295 g/mol. The predicted octanol–water partition coefficient (Wildman–Crippen LogP) is 3.10. The molecule has 5 heteroatoms. The van der Waals surface area contributed by atoms with Crippen LogP contribution in [0, 0.1) is 11.7 Å². The van der Waals surface area contributed by atoms with Gasteiger partial charge in [-0.05, 0) is 43.6 Å². The third-order valence-electron chi connectivity index (χ3n) is 3.24. The average Bonchev–Trinajstić information content (AvgIpc) is 2.40. The summed E-state index contributed by atoms with van der Waals surface area (Å²) in [5.74, 6) is 0.129. The van der Waals surface area contributed by atoms with Gasteiger partial charge in [-0.2, -0.15) is 0 Å². The van der Waals surface area contributed by atoms with Gasteiger partial charge in [-0.1, -0.05) is 20.8 Å². The first-order valence-corrected chi connectivity index (χ1v) is 7.49. The molecular weight excluding hydrogens is 269 g/mol. The van der Waals surface area contributed by atoms with Gasteiger partial charge in [0.05, 0.1) is 11.4 Å². The van der Waals surface area contributed by atoms with E-state index in [1.54, 1.807) is 0 Å². The molecule has 0 spiro atoms. The van der Waals surface area contributed by atoms with Crippen molar-refractivity contribution in [3.8, 4) is 0 Å². The highest BCUT2D eigenvalue weighted by Crippen LogP contribution is 2.19. The summed E-state index contributed by atoms with van der Waals surface area (Å²) in [5.41, 5.74) is 6.38. The van der Waals surface area contributed by atoms with Crippen molar-refractivity contribution in [2.45, 2.75) is 33.6 Å². The predicted molar refractivity (Wildman–Crippen MR) is 85.6 cm³/mol. The highest BCUT2D eigenvalue weighted by atomic mass is 19.1. The summed E-state index contributed by atoms with van der Waals surface area (Å²) in [6, 6.07) is 3.98. The van der Waals surface area contributed by atoms with E-state index in [0.29, 0.717) is 18.0 Å². The van der Waals surface area contributed by atoms with Gasteiger partial charge in [0, 0.05) is 13.0 Å². The number of carbonyl (C=O) groups is 1. The first kappa shape index (κ1) is 17.4. The number of hydrogen-bond acceptors (Lipinski definition) is 3. The van der Waals surface area contributed by atoms with Crippen LogP contribution in [0.25, 0.3) is 0 Å². The molecule has 0 heterocycles. The molecule has 0 bridgehead atoms. The number of halogens is 1. The minimum atomic E-state index is -0.405. The molecule has 0 saturated carbocycles. The Morgan fingerprint density at radius 3 is 2.71 bits per heavy atom. The van der Waals surface area contributed by atoms with Crippen LogP contribution in [0.15, 0.2) is 18.2 Å². The largest absolute Gasteiger partial charge is 0.397 e. The molecule has 0 aliphatic carbocycles. The summed E-state index contributed by atoms with van der Waals surface area (Å²) in [4.78, 5) is 14.2. The van der Waals surface area contributed by atoms with Crippen molar-refractivity contribution in [3.63, 3.8) is 0 Å². The number of hydrogen-bond donors (Lipinski definition) is 2. The third kappa shape index (κ3) is 6.58. The van der Waals surface area contributed by atoms with Crippen molar-refractivity contribution in [2.75, 3.05) is 30.7 Å². The van der Waals surface area contributed by atoms with Gasteiger partial charge in [-0.25, -0.2) is 4.39 Å². The Balaban J connectivity index is 2.37. The Morgan fingerprint density at radius 2 is 2.14 bits per heavy atom. The summed E-state index contributed by atoms with van der Waals surface area (Å²) in [7, 11) is 0. The number of nitrogens with zero attached hydrogens (tertiary/aromatic N) is 1. The summed E-state index contributed by atoms with van der Waals surface area (Å²) >= 11 is 0. The Hall–Kier alpha value is -1.62. The molecule has 0 radical (unpaired) electrons. The minimum Gasteiger partial charge on any atom is -0.397 e. The van der Waals surface area contributed by atoms with Crippen molar-refractivity contribution in [1.82, 2.24) is 4.90 Å². The summed E-state index contributed by atoms with van der Waals surface area (Å²) in [6.07, 6.45) is 1.24. The maximum absolute atomic E-state index is 12.9. The van der Waals surface area contributed by atoms with Gasteiger partial charge in [-0.3, -0.25) is 4.79 Å². The van der Waals surface area contributed by atoms with Gasteiger partial charge in [0.25, 0.3) is 0 Å². The molecule has 0 aliphatic rings. The van der Waals surface area contributed by atoms with Gasteiger partial charge in [0.1, 0.15) is 5.82 Å². The van der Waals surface area contributed by atoms with Crippen molar-refractivity contribution < 1.29 is 9.18 Å². The zero-order chi connectivity index (χ0) is 15.8. The molecule has 1 aromatic carbocycles. The zero-order valence-corrected chi connectivity index (χ0v) is 13.2. The fraction of sp³-hybridized carbons (Fsp3) is 0.562. The zero-order valence-electron chi connectivity index (χ0n) is 13.2. The van der Waals surface area contributed by atoms with E-state index >= 15 is 0 Å². The second-order valence-corrected chi connectivity index (χ2v) is 5.67. The molecule has 4 nitrogen and oxygen atoms in total. The highest BCUT2D eigenvalue weighted by Gasteiger charge is 2.08. The van der Waals surface area contributed by atoms with E-state index in [0.717, 1.165) is 26.1 Å². The molecule has 1 aromatic rings. The molecule has 0 atom stereocenters. The van der Waals surface area contributed by atoms with Crippen LogP contribution in [0.4, 0.5) is 15.8 Å². The van der Waals surface area contributed by atoms with E-state index < -0.39 is 5.82 Å². The monoisotopic (exact) mass is 295 g/mol. The van der Waals surface area contributed by atoms with Gasteiger partial charge in [-0.15, -0.1) is 0 Å². The van der Waals surface area contributed by atoms with Crippen LogP contribution in [0.3, 0.4) is 0 Å². The van der Waals surface area contributed by atoms with E-state index in [9.17, 15) is 9.18 Å². The lowest BCUT2D eigenvalue weighted by Gasteiger charge is -2.22. The maximum atomic E-state index is 12.9. The minimum absolute atomic E-state index is 0.0890. The van der Waals surface area contributed by atoms with Crippen LogP contribution >= 0.6 is 0 Å². The molecule has 1 rings (SSSR count). The number of rotatable bonds is 8. The Bertz CT molecular complexity index is 463. The van der Waals surface area contributed by atoms with Gasteiger partial charge in [0.2, 0.25) is 5.91 Å². The number of nitrogens with two attached hydrogens (primary N) is 1. The van der Waals surface area contributed by atoms with E-state index in [-0.39, 0.29) is 11.6 Å². The SMILES string of the molecule is CCN(CCCC(=O)Nc1ccc(F)cc1N)CC(C)C. The maximum Gasteiger partial charge on any atom is 0.224 e. The fourth-order valence-electron chi connectivity index (χ4n) is 2.22. The number of nitrogens with one attached hydrogen (secondary N) is 1. The molecule has 3 N–H and O–H groups in total. The van der Waals surface area contributed by atoms with E-state index in [4.69, 9.17) is 5.73 Å². The van der Waals surface area contributed by atoms with E-state index in [1.807, 2.05) is 0 Å². The number of carbonyl (C=O) groups excluding carboxylic acids is 1. The molecule has 0 fully saturated rings. The first-order chi connectivity index (χ1) is 9.92. The van der Waals surface area contributed by atoms with Crippen molar-refractivity contribution >= 4 is 17.3 Å². The molecular formula is C16H26FN3O. The summed E-state index contributed by atoms with van der Waals surface area (Å²) in [6.45, 7) is 9.44. The van der Waals surface area contributed by atoms with E-state index in [1.165, 1.54) is 18.2 Å². The van der Waals surface area contributed by atoms with Crippen LogP contribution in [-0.2, 0) is 4.79 Å². The van der Waals surface area contributed by atoms with Crippen molar-refractivity contribution in [1.29, 1.82) is 0 Å². The highest BCUT2D eigenvalue weighted by molar-refractivity contribution is 5.93. The normalized spacial score (nSPS) is 11.1. The van der Waals surface area contributed by atoms with Crippen LogP contribution in [0.2, 0.25) is 0 Å². The Morgan fingerprint density at radius 1 is 1.43 bits per heavy atom. The number of nitrogen functional groups attached to an aromatic ring is 1.